The van der Waals surface area contributed by atoms with Gasteiger partial charge in [-0.05, 0) is 18.2 Å². The van der Waals surface area contributed by atoms with Crippen LogP contribution in [0, 0.1) is 0 Å². The van der Waals surface area contributed by atoms with E-state index in [0.717, 1.165) is 0 Å². The standard InChI is InChI=1S/C9H9BN6O3.K.H/c1-4-11-14(7-1)17-10(18-15-8-2-5-12-15)19-16-9-3-6-13-16;;/h1-9H;;. The Morgan fingerprint density at radius 2 is 1.00 bits per heavy atom. The average Bonchev–Trinajstić information content (AvgIpc) is 3.10. The SMILES string of the molecule is [KH].c1cnn(OB(On2cccn2)On2cccn2)c1. The fourth-order valence-electron chi connectivity index (χ4n) is 1.27. The summed E-state index contributed by atoms with van der Waals surface area (Å²) in [5, 5.41) is 11.7. The fourth-order valence-corrected chi connectivity index (χ4v) is 1.27. The van der Waals surface area contributed by atoms with Crippen LogP contribution in [0.3, 0.4) is 0 Å². The zero-order valence-corrected chi connectivity index (χ0v) is 9.68. The second-order valence-corrected chi connectivity index (χ2v) is 3.33. The van der Waals surface area contributed by atoms with Crippen LogP contribution in [0.4, 0.5) is 0 Å². The second-order valence-electron chi connectivity index (χ2n) is 3.33. The maximum absolute atomic E-state index is 5.34. The second kappa shape index (κ2) is 7.50. The van der Waals surface area contributed by atoms with Gasteiger partial charge in [0.1, 0.15) is 0 Å². The van der Waals surface area contributed by atoms with Crippen molar-refractivity contribution in [3.8, 4) is 0 Å². The number of aromatic nitrogens is 6. The number of rotatable bonds is 6. The summed E-state index contributed by atoms with van der Waals surface area (Å²) in [5.41, 5.74) is 0. The largest absolute Gasteiger partial charge is 0.929 e. The molecule has 0 atom stereocenters. The Hall–Kier alpha value is -1.27. The summed E-state index contributed by atoms with van der Waals surface area (Å²) in [7, 11) is -1.11. The first-order valence-electron chi connectivity index (χ1n) is 5.40. The van der Waals surface area contributed by atoms with E-state index >= 15 is 0 Å². The van der Waals surface area contributed by atoms with Crippen LogP contribution in [0.15, 0.2) is 55.4 Å². The molecule has 0 amide bonds. The van der Waals surface area contributed by atoms with E-state index in [1.807, 2.05) is 0 Å². The van der Waals surface area contributed by atoms with Crippen molar-refractivity contribution in [1.29, 1.82) is 0 Å². The van der Waals surface area contributed by atoms with Gasteiger partial charge in [0.05, 0.1) is 37.2 Å². The first-order valence-corrected chi connectivity index (χ1v) is 5.40. The van der Waals surface area contributed by atoms with E-state index in [0.29, 0.717) is 0 Å². The Bertz CT molecular complexity index is 501. The van der Waals surface area contributed by atoms with E-state index in [2.05, 4.69) is 15.3 Å². The summed E-state index contributed by atoms with van der Waals surface area (Å²) in [4.78, 5) is 3.62. The Balaban J connectivity index is 0.00000147. The number of nitrogens with zero attached hydrogens (tertiary/aromatic N) is 6. The zero-order valence-electron chi connectivity index (χ0n) is 9.68. The van der Waals surface area contributed by atoms with Crippen LogP contribution in [0.5, 0.6) is 0 Å². The molecule has 3 aromatic heterocycles. The molecule has 0 aliphatic rings. The molecule has 0 aliphatic carbocycles. The fraction of sp³-hybridized carbons (Fsp3) is 0. The molecular weight excluding hydrogens is 290 g/mol. The van der Waals surface area contributed by atoms with Gasteiger partial charge in [-0.1, -0.05) is 0 Å². The van der Waals surface area contributed by atoms with Crippen LogP contribution in [-0.4, -0.2) is 88.5 Å². The molecule has 3 aromatic rings. The van der Waals surface area contributed by atoms with E-state index in [-0.39, 0.29) is 51.4 Å². The van der Waals surface area contributed by atoms with Crippen molar-refractivity contribution >= 4 is 58.7 Å². The minimum atomic E-state index is -1.11. The Morgan fingerprint density at radius 1 is 0.650 bits per heavy atom. The van der Waals surface area contributed by atoms with Crippen LogP contribution in [0.1, 0.15) is 0 Å². The molecular formula is C9H10BKN6O3. The van der Waals surface area contributed by atoms with Crippen molar-refractivity contribution in [1.82, 2.24) is 29.8 Å². The molecule has 98 valence electrons. The van der Waals surface area contributed by atoms with E-state index in [1.54, 1.807) is 55.4 Å². The molecule has 0 aliphatic heterocycles. The topological polar surface area (TPSA) is 81.1 Å². The molecule has 0 N–H and O–H groups in total. The summed E-state index contributed by atoms with van der Waals surface area (Å²) in [6, 6.07) is 5.12. The predicted octanol–water partition coefficient (Wildman–Crippen LogP) is -1.70. The molecule has 3 heterocycles. The van der Waals surface area contributed by atoms with Crippen molar-refractivity contribution in [2.45, 2.75) is 0 Å². The monoisotopic (exact) mass is 300 g/mol. The van der Waals surface area contributed by atoms with Crippen LogP contribution in [-0.2, 0) is 0 Å². The molecule has 11 heteroatoms. The molecule has 0 spiro atoms. The minimum Gasteiger partial charge on any atom is -0.380 e. The van der Waals surface area contributed by atoms with E-state index in [1.165, 1.54) is 14.5 Å². The van der Waals surface area contributed by atoms with E-state index < -0.39 is 7.32 Å². The van der Waals surface area contributed by atoms with Crippen molar-refractivity contribution in [2.24, 2.45) is 0 Å². The van der Waals surface area contributed by atoms with Gasteiger partial charge in [-0.3, -0.25) is 0 Å². The summed E-state index contributed by atoms with van der Waals surface area (Å²) in [6.07, 6.45) is 9.51. The van der Waals surface area contributed by atoms with Crippen molar-refractivity contribution < 1.29 is 14.3 Å². The third kappa shape index (κ3) is 4.11. The molecule has 0 radical (unpaired) electrons. The number of hydrogen-bond acceptors (Lipinski definition) is 6. The summed E-state index contributed by atoms with van der Waals surface area (Å²) in [6.45, 7) is 0. The van der Waals surface area contributed by atoms with Gasteiger partial charge in [-0.15, -0.1) is 29.8 Å². The maximum Gasteiger partial charge on any atom is 0.929 e. The van der Waals surface area contributed by atoms with Crippen LogP contribution >= 0.6 is 0 Å². The summed E-state index contributed by atoms with van der Waals surface area (Å²) < 4.78 is 16.0. The predicted molar refractivity (Wildman–Crippen MR) is 69.3 cm³/mol. The molecule has 3 rings (SSSR count). The van der Waals surface area contributed by atoms with Crippen molar-refractivity contribution in [2.75, 3.05) is 0 Å². The molecule has 0 saturated carbocycles. The Morgan fingerprint density at radius 3 is 1.25 bits per heavy atom. The molecule has 20 heavy (non-hydrogen) atoms. The van der Waals surface area contributed by atoms with Gasteiger partial charge >= 0.3 is 58.7 Å². The molecule has 0 bridgehead atoms. The van der Waals surface area contributed by atoms with Gasteiger partial charge in [0, 0.05) is 0 Å². The van der Waals surface area contributed by atoms with E-state index in [4.69, 9.17) is 14.3 Å². The van der Waals surface area contributed by atoms with Gasteiger partial charge < -0.3 is 14.3 Å². The van der Waals surface area contributed by atoms with Gasteiger partial charge in [0.15, 0.2) is 0 Å². The quantitative estimate of drug-likeness (QED) is 0.505. The van der Waals surface area contributed by atoms with Gasteiger partial charge in [-0.2, -0.15) is 0 Å². The zero-order chi connectivity index (χ0) is 12.9. The molecule has 0 aromatic carbocycles. The van der Waals surface area contributed by atoms with Crippen LogP contribution in [0.2, 0.25) is 0 Å². The van der Waals surface area contributed by atoms with Crippen LogP contribution in [0.25, 0.3) is 0 Å². The summed E-state index contributed by atoms with van der Waals surface area (Å²) in [5.74, 6) is 0. The Kier molecular flexibility index (Phi) is 5.67. The molecule has 9 nitrogen and oxygen atoms in total. The third-order valence-corrected chi connectivity index (χ3v) is 2.02. The van der Waals surface area contributed by atoms with Gasteiger partial charge in [-0.25, -0.2) is 0 Å². The number of hydrogen-bond donors (Lipinski definition) is 0. The Labute approximate surface area is 156 Å². The van der Waals surface area contributed by atoms with Gasteiger partial charge in [0.25, 0.3) is 0 Å². The van der Waals surface area contributed by atoms with Crippen molar-refractivity contribution in [3.63, 3.8) is 0 Å². The normalized spacial score (nSPS) is 9.60. The molecule has 0 unspecified atom stereocenters. The first kappa shape index (κ1) is 15.1. The maximum atomic E-state index is 5.34. The van der Waals surface area contributed by atoms with Crippen molar-refractivity contribution in [3.05, 3.63) is 55.4 Å². The van der Waals surface area contributed by atoms with Gasteiger partial charge in [0.2, 0.25) is 0 Å². The average molecular weight is 300 g/mol. The summed E-state index contributed by atoms with van der Waals surface area (Å²) >= 11 is 0. The molecule has 0 saturated heterocycles. The minimum absolute atomic E-state index is 0. The van der Waals surface area contributed by atoms with E-state index in [9.17, 15) is 0 Å². The smallest absolute Gasteiger partial charge is 0.380 e. The third-order valence-electron chi connectivity index (χ3n) is 2.02. The first-order chi connectivity index (χ1) is 9.40. The molecule has 0 fully saturated rings. The van der Waals surface area contributed by atoms with Crippen LogP contribution < -0.4 is 14.3 Å².